The fourth-order valence-electron chi connectivity index (χ4n) is 3.94. The van der Waals surface area contributed by atoms with Crippen LogP contribution in [0.15, 0.2) is 52.1 Å². The molecule has 0 bridgehead atoms. The largest absolute Gasteiger partial charge is 0.417 e. The second-order valence-electron chi connectivity index (χ2n) is 8.37. The van der Waals surface area contributed by atoms with E-state index in [2.05, 4.69) is 20.2 Å². The Morgan fingerprint density at radius 2 is 1.74 bits per heavy atom. The van der Waals surface area contributed by atoms with Gasteiger partial charge < -0.3 is 9.51 Å². The summed E-state index contributed by atoms with van der Waals surface area (Å²) >= 11 is 0. The SMILES string of the molecule is Fc1cccc(-c2nc3c([nH]2)CN(CCc2cc(-c4ccc(C(F)(F)F)cc4C(F)(F)F)no2)N=C3)c1F. The molecule has 0 fully saturated rings. The highest BCUT2D eigenvalue weighted by Crippen LogP contribution is 2.40. The van der Waals surface area contributed by atoms with Gasteiger partial charge in [-0.25, -0.2) is 13.8 Å². The minimum Gasteiger partial charge on any atom is -0.361 e. The van der Waals surface area contributed by atoms with Crippen LogP contribution >= 0.6 is 0 Å². The van der Waals surface area contributed by atoms with Gasteiger partial charge in [-0.2, -0.15) is 31.4 Å². The second kappa shape index (κ2) is 9.26. The maximum absolute atomic E-state index is 14.1. The first-order valence-electron chi connectivity index (χ1n) is 11.0. The number of nitrogens with zero attached hydrogens (tertiary/aromatic N) is 4. The standard InChI is InChI=1S/C24H15F8N5O/c25-17-3-1-2-15(21(17)26)22-34-19-10-33-37(11-20(19)35-22)7-6-13-9-18(36-38-13)14-5-4-12(23(27,28)29)8-16(14)24(30,31)32/h1-5,8-10H,6-7,11H2,(H,34,35). The Bertz CT molecular complexity index is 1520. The molecule has 198 valence electrons. The van der Waals surface area contributed by atoms with E-state index in [1.807, 2.05) is 0 Å². The van der Waals surface area contributed by atoms with Gasteiger partial charge in [0.05, 0.1) is 35.1 Å². The van der Waals surface area contributed by atoms with Crippen molar-refractivity contribution in [2.24, 2.45) is 5.10 Å². The molecule has 14 heteroatoms. The van der Waals surface area contributed by atoms with Gasteiger partial charge in [-0.15, -0.1) is 0 Å². The van der Waals surface area contributed by atoms with E-state index in [0.29, 0.717) is 23.5 Å². The number of hydrazone groups is 1. The topological polar surface area (TPSA) is 70.3 Å². The molecule has 2 aromatic carbocycles. The number of imidazole rings is 1. The first kappa shape index (κ1) is 25.4. The summed E-state index contributed by atoms with van der Waals surface area (Å²) in [5, 5.41) is 9.40. The Kier molecular flexibility index (Phi) is 6.19. The Labute approximate surface area is 208 Å². The molecule has 0 spiro atoms. The number of halogens is 8. The number of rotatable bonds is 5. The second-order valence-corrected chi connectivity index (χ2v) is 8.37. The molecule has 0 aliphatic carbocycles. The van der Waals surface area contributed by atoms with E-state index >= 15 is 0 Å². The predicted molar refractivity (Wildman–Crippen MR) is 118 cm³/mol. The third-order valence-electron chi connectivity index (χ3n) is 5.80. The molecular weight excluding hydrogens is 526 g/mol. The van der Waals surface area contributed by atoms with Gasteiger partial charge >= 0.3 is 12.4 Å². The van der Waals surface area contributed by atoms with Crippen LogP contribution in [0.4, 0.5) is 35.1 Å². The van der Waals surface area contributed by atoms with Gasteiger partial charge in [-0.3, -0.25) is 5.01 Å². The van der Waals surface area contributed by atoms with Crippen LogP contribution in [0.5, 0.6) is 0 Å². The van der Waals surface area contributed by atoms with Gasteiger partial charge in [-0.05, 0) is 24.3 Å². The molecule has 0 saturated heterocycles. The first-order valence-corrected chi connectivity index (χ1v) is 11.0. The summed E-state index contributed by atoms with van der Waals surface area (Å²) in [6.45, 7) is 0.445. The predicted octanol–water partition coefficient (Wildman–Crippen LogP) is 6.44. The maximum Gasteiger partial charge on any atom is 0.417 e. The molecule has 3 heterocycles. The highest BCUT2D eigenvalue weighted by Gasteiger charge is 2.39. The van der Waals surface area contributed by atoms with Crippen molar-refractivity contribution in [1.29, 1.82) is 0 Å². The summed E-state index contributed by atoms with van der Waals surface area (Å²) in [4.78, 5) is 7.17. The molecule has 5 rings (SSSR count). The number of aromatic amines is 1. The quantitative estimate of drug-likeness (QED) is 0.296. The molecule has 0 radical (unpaired) electrons. The van der Waals surface area contributed by atoms with E-state index < -0.39 is 40.7 Å². The third kappa shape index (κ3) is 4.97. The number of H-pyrrole nitrogens is 1. The van der Waals surface area contributed by atoms with Gasteiger partial charge in [0, 0.05) is 24.6 Å². The van der Waals surface area contributed by atoms with Crippen LogP contribution in [-0.4, -0.2) is 32.9 Å². The van der Waals surface area contributed by atoms with Crippen LogP contribution in [0.3, 0.4) is 0 Å². The lowest BCUT2D eigenvalue weighted by molar-refractivity contribution is -0.142. The fraction of sp³-hybridized carbons (Fsp3) is 0.208. The molecule has 0 unspecified atom stereocenters. The van der Waals surface area contributed by atoms with Crippen LogP contribution in [0.2, 0.25) is 0 Å². The Balaban J connectivity index is 1.29. The van der Waals surface area contributed by atoms with Crippen LogP contribution in [-0.2, 0) is 25.3 Å². The monoisotopic (exact) mass is 541 g/mol. The van der Waals surface area contributed by atoms with Crippen LogP contribution < -0.4 is 0 Å². The van der Waals surface area contributed by atoms with E-state index in [1.54, 1.807) is 5.01 Å². The summed E-state index contributed by atoms with van der Waals surface area (Å²) in [7, 11) is 0. The molecule has 1 N–H and O–H groups in total. The molecule has 0 saturated carbocycles. The first-order chi connectivity index (χ1) is 17.9. The van der Waals surface area contributed by atoms with E-state index in [-0.39, 0.29) is 48.4 Å². The summed E-state index contributed by atoms with van der Waals surface area (Å²) in [5.74, 6) is -1.76. The van der Waals surface area contributed by atoms with Crippen molar-refractivity contribution in [3.05, 3.63) is 82.4 Å². The number of fused-ring (bicyclic) bond motifs is 1. The Morgan fingerprint density at radius 1 is 0.947 bits per heavy atom. The zero-order chi connectivity index (χ0) is 27.2. The molecule has 38 heavy (non-hydrogen) atoms. The highest BCUT2D eigenvalue weighted by molar-refractivity contribution is 5.80. The Morgan fingerprint density at radius 3 is 2.47 bits per heavy atom. The van der Waals surface area contributed by atoms with Gasteiger partial charge in [0.15, 0.2) is 11.6 Å². The number of hydrogen-bond acceptors (Lipinski definition) is 5. The van der Waals surface area contributed by atoms with E-state index in [4.69, 9.17) is 4.52 Å². The molecule has 1 aliphatic heterocycles. The Hall–Kier alpha value is -4.23. The molecular formula is C24H15F8N5O. The van der Waals surface area contributed by atoms with E-state index in [1.165, 1.54) is 24.4 Å². The van der Waals surface area contributed by atoms with Crippen molar-refractivity contribution >= 4 is 6.21 Å². The summed E-state index contributed by atoms with van der Waals surface area (Å²) in [6.07, 6.45) is -8.42. The van der Waals surface area contributed by atoms with E-state index in [9.17, 15) is 35.1 Å². The van der Waals surface area contributed by atoms with Crippen LogP contribution in [0, 0.1) is 11.6 Å². The third-order valence-corrected chi connectivity index (χ3v) is 5.80. The summed E-state index contributed by atoms with van der Waals surface area (Å²) in [6, 6.07) is 6.23. The lowest BCUT2D eigenvalue weighted by Crippen LogP contribution is -2.24. The molecule has 6 nitrogen and oxygen atoms in total. The van der Waals surface area contributed by atoms with E-state index in [0.717, 1.165) is 6.07 Å². The number of nitrogens with one attached hydrogen (secondary N) is 1. The van der Waals surface area contributed by atoms with Crippen molar-refractivity contribution in [2.45, 2.75) is 25.3 Å². The summed E-state index contributed by atoms with van der Waals surface area (Å²) in [5.41, 5.74) is -2.75. The minimum absolute atomic E-state index is 0.0398. The number of alkyl halides is 6. The van der Waals surface area contributed by atoms with Gasteiger partial charge in [0.2, 0.25) is 0 Å². The molecule has 0 amide bonds. The van der Waals surface area contributed by atoms with Crippen molar-refractivity contribution in [2.75, 3.05) is 6.54 Å². The highest BCUT2D eigenvalue weighted by atomic mass is 19.4. The fourth-order valence-corrected chi connectivity index (χ4v) is 3.94. The molecule has 2 aromatic heterocycles. The number of hydrogen-bond donors (Lipinski definition) is 1. The lowest BCUT2D eigenvalue weighted by atomic mass is 10.0. The number of benzene rings is 2. The average molecular weight is 541 g/mol. The molecule has 1 aliphatic rings. The zero-order valence-corrected chi connectivity index (χ0v) is 19.0. The average Bonchev–Trinajstić information content (AvgIpc) is 3.49. The molecule has 4 aromatic rings. The van der Waals surface area contributed by atoms with Crippen molar-refractivity contribution < 1.29 is 39.6 Å². The van der Waals surface area contributed by atoms with Crippen molar-refractivity contribution in [1.82, 2.24) is 20.1 Å². The maximum atomic E-state index is 14.1. The molecule has 0 atom stereocenters. The van der Waals surface area contributed by atoms with Crippen LogP contribution in [0.25, 0.3) is 22.6 Å². The van der Waals surface area contributed by atoms with Crippen molar-refractivity contribution in [3.63, 3.8) is 0 Å². The minimum atomic E-state index is -5.05. The van der Waals surface area contributed by atoms with Crippen LogP contribution in [0.1, 0.15) is 28.3 Å². The lowest BCUT2D eigenvalue weighted by Gasteiger charge is -2.20. The zero-order valence-electron chi connectivity index (χ0n) is 19.0. The van der Waals surface area contributed by atoms with Crippen molar-refractivity contribution in [3.8, 4) is 22.6 Å². The smallest absolute Gasteiger partial charge is 0.361 e. The normalized spacial score (nSPS) is 13.7. The summed E-state index contributed by atoms with van der Waals surface area (Å²) < 4.78 is 112. The van der Waals surface area contributed by atoms with Gasteiger partial charge in [-0.1, -0.05) is 17.3 Å². The number of aromatic nitrogens is 3. The van der Waals surface area contributed by atoms with Gasteiger partial charge in [0.1, 0.15) is 23.0 Å². The van der Waals surface area contributed by atoms with Gasteiger partial charge in [0.25, 0.3) is 0 Å².